The lowest BCUT2D eigenvalue weighted by molar-refractivity contribution is 0.187. The molecular weight excluding hydrogens is 250 g/mol. The molecule has 1 aromatic rings. The minimum atomic E-state index is -0.252. The van der Waals surface area contributed by atoms with E-state index < -0.39 is 0 Å². The van der Waals surface area contributed by atoms with Gasteiger partial charge in [0.2, 0.25) is 0 Å². The van der Waals surface area contributed by atoms with Crippen LogP contribution in [0.3, 0.4) is 0 Å². The van der Waals surface area contributed by atoms with Crippen molar-refractivity contribution in [2.24, 2.45) is 0 Å². The zero-order chi connectivity index (χ0) is 12.7. The quantitative estimate of drug-likeness (QED) is 0.749. The Labute approximate surface area is 115 Å². The number of halogens is 1. The standard InChI is InChI=1S/C14H21NO2.ClH/c1-4-9-17-13-7-5-12(6-8-13)10-15-14(2,3)11-16;/h4-8,15-16H,1,9-11H2,2-3H3;1H. The first kappa shape index (κ1) is 17.0. The van der Waals surface area contributed by atoms with E-state index in [1.165, 1.54) is 0 Å². The predicted molar refractivity (Wildman–Crippen MR) is 77.4 cm³/mol. The summed E-state index contributed by atoms with van der Waals surface area (Å²) < 4.78 is 5.40. The molecule has 0 atom stereocenters. The zero-order valence-electron chi connectivity index (χ0n) is 11.0. The molecule has 0 heterocycles. The number of benzene rings is 1. The summed E-state index contributed by atoms with van der Waals surface area (Å²) >= 11 is 0. The second-order valence-electron chi connectivity index (χ2n) is 4.64. The highest BCUT2D eigenvalue weighted by atomic mass is 35.5. The highest BCUT2D eigenvalue weighted by Gasteiger charge is 2.14. The van der Waals surface area contributed by atoms with E-state index in [2.05, 4.69) is 11.9 Å². The van der Waals surface area contributed by atoms with Crippen LogP contribution in [0.5, 0.6) is 5.75 Å². The summed E-state index contributed by atoms with van der Waals surface area (Å²) in [6.07, 6.45) is 1.72. The largest absolute Gasteiger partial charge is 0.490 e. The van der Waals surface area contributed by atoms with Crippen LogP contribution in [-0.4, -0.2) is 23.9 Å². The van der Waals surface area contributed by atoms with Gasteiger partial charge in [0.05, 0.1) is 6.61 Å². The third-order valence-corrected chi connectivity index (χ3v) is 2.46. The molecule has 0 bridgehead atoms. The molecule has 0 aliphatic rings. The third-order valence-electron chi connectivity index (χ3n) is 2.46. The second kappa shape index (κ2) is 8.14. The van der Waals surface area contributed by atoms with E-state index in [0.29, 0.717) is 6.61 Å². The highest BCUT2D eigenvalue weighted by Crippen LogP contribution is 2.13. The lowest BCUT2D eigenvalue weighted by atomic mass is 10.1. The average Bonchev–Trinajstić information content (AvgIpc) is 2.35. The van der Waals surface area contributed by atoms with Gasteiger partial charge in [-0.25, -0.2) is 0 Å². The van der Waals surface area contributed by atoms with Crippen molar-refractivity contribution in [1.29, 1.82) is 0 Å². The summed E-state index contributed by atoms with van der Waals surface area (Å²) in [5.74, 6) is 0.843. The van der Waals surface area contributed by atoms with Crippen LogP contribution in [-0.2, 0) is 6.54 Å². The summed E-state index contributed by atoms with van der Waals surface area (Å²) in [6, 6.07) is 7.90. The lowest BCUT2D eigenvalue weighted by Crippen LogP contribution is -2.42. The topological polar surface area (TPSA) is 41.5 Å². The Morgan fingerprint density at radius 2 is 1.94 bits per heavy atom. The maximum absolute atomic E-state index is 9.12. The van der Waals surface area contributed by atoms with Gasteiger partial charge in [0, 0.05) is 12.1 Å². The lowest BCUT2D eigenvalue weighted by Gasteiger charge is -2.23. The third kappa shape index (κ3) is 6.05. The van der Waals surface area contributed by atoms with E-state index in [1.807, 2.05) is 38.1 Å². The van der Waals surface area contributed by atoms with Gasteiger partial charge in [-0.15, -0.1) is 12.4 Å². The van der Waals surface area contributed by atoms with Crippen molar-refractivity contribution in [1.82, 2.24) is 5.32 Å². The molecule has 0 aliphatic heterocycles. The van der Waals surface area contributed by atoms with Gasteiger partial charge < -0.3 is 15.2 Å². The molecule has 2 N–H and O–H groups in total. The maximum atomic E-state index is 9.12. The average molecular weight is 272 g/mol. The Balaban J connectivity index is 0.00000289. The molecule has 102 valence electrons. The fourth-order valence-corrected chi connectivity index (χ4v) is 1.26. The van der Waals surface area contributed by atoms with E-state index in [1.54, 1.807) is 6.08 Å². The molecule has 0 saturated carbocycles. The number of hydrogen-bond acceptors (Lipinski definition) is 3. The highest BCUT2D eigenvalue weighted by molar-refractivity contribution is 5.85. The summed E-state index contributed by atoms with van der Waals surface area (Å²) in [5.41, 5.74) is 0.912. The molecule has 0 unspecified atom stereocenters. The monoisotopic (exact) mass is 271 g/mol. The maximum Gasteiger partial charge on any atom is 0.119 e. The van der Waals surface area contributed by atoms with Gasteiger partial charge in [-0.1, -0.05) is 24.8 Å². The fraction of sp³-hybridized carbons (Fsp3) is 0.429. The fourth-order valence-electron chi connectivity index (χ4n) is 1.26. The molecule has 1 rings (SSSR count). The van der Waals surface area contributed by atoms with Gasteiger partial charge in [0.1, 0.15) is 12.4 Å². The summed E-state index contributed by atoms with van der Waals surface area (Å²) in [7, 11) is 0. The van der Waals surface area contributed by atoms with Crippen LogP contribution in [0.15, 0.2) is 36.9 Å². The van der Waals surface area contributed by atoms with Crippen molar-refractivity contribution in [3.63, 3.8) is 0 Å². The number of nitrogens with one attached hydrogen (secondary N) is 1. The Kier molecular flexibility index (Phi) is 7.67. The van der Waals surface area contributed by atoms with Crippen LogP contribution in [0.1, 0.15) is 19.4 Å². The van der Waals surface area contributed by atoms with E-state index in [-0.39, 0.29) is 24.6 Å². The van der Waals surface area contributed by atoms with E-state index in [0.717, 1.165) is 17.9 Å². The predicted octanol–water partition coefficient (Wildman–Crippen LogP) is 2.53. The van der Waals surface area contributed by atoms with Gasteiger partial charge in [-0.2, -0.15) is 0 Å². The Morgan fingerprint density at radius 3 is 2.44 bits per heavy atom. The minimum absolute atomic E-state index is 0. The summed E-state index contributed by atoms with van der Waals surface area (Å²) in [4.78, 5) is 0. The summed E-state index contributed by atoms with van der Waals surface area (Å²) in [6.45, 7) is 8.91. The normalized spacial score (nSPS) is 10.6. The molecule has 3 nitrogen and oxygen atoms in total. The smallest absolute Gasteiger partial charge is 0.119 e. The molecule has 18 heavy (non-hydrogen) atoms. The molecule has 0 fully saturated rings. The first-order chi connectivity index (χ1) is 8.07. The van der Waals surface area contributed by atoms with Crippen molar-refractivity contribution < 1.29 is 9.84 Å². The molecule has 1 aromatic carbocycles. The molecule has 0 amide bonds. The first-order valence-corrected chi connectivity index (χ1v) is 5.76. The van der Waals surface area contributed by atoms with Gasteiger partial charge >= 0.3 is 0 Å². The Morgan fingerprint density at radius 1 is 1.33 bits per heavy atom. The van der Waals surface area contributed by atoms with E-state index in [4.69, 9.17) is 9.84 Å². The second-order valence-corrected chi connectivity index (χ2v) is 4.64. The van der Waals surface area contributed by atoms with Gasteiger partial charge in [0.15, 0.2) is 0 Å². The summed E-state index contributed by atoms with van der Waals surface area (Å²) in [5, 5.41) is 12.4. The first-order valence-electron chi connectivity index (χ1n) is 5.76. The minimum Gasteiger partial charge on any atom is -0.490 e. The SMILES string of the molecule is C=CCOc1ccc(CNC(C)(C)CO)cc1.Cl. The number of aliphatic hydroxyl groups excluding tert-OH is 1. The van der Waals surface area contributed by atoms with Gasteiger partial charge in [0.25, 0.3) is 0 Å². The molecule has 0 saturated heterocycles. The molecule has 4 heteroatoms. The zero-order valence-corrected chi connectivity index (χ0v) is 11.8. The number of ether oxygens (including phenoxy) is 1. The van der Waals surface area contributed by atoms with Crippen LogP contribution in [0, 0.1) is 0 Å². The molecular formula is C14H22ClNO2. The Bertz CT molecular complexity index is 349. The number of hydrogen-bond donors (Lipinski definition) is 2. The van der Waals surface area contributed by atoms with Crippen molar-refractivity contribution >= 4 is 12.4 Å². The van der Waals surface area contributed by atoms with Crippen LogP contribution in [0.25, 0.3) is 0 Å². The molecule has 0 spiro atoms. The number of aliphatic hydroxyl groups is 1. The molecule has 0 radical (unpaired) electrons. The van der Waals surface area contributed by atoms with E-state index in [9.17, 15) is 0 Å². The number of rotatable bonds is 7. The van der Waals surface area contributed by atoms with Crippen molar-refractivity contribution in [3.8, 4) is 5.75 Å². The van der Waals surface area contributed by atoms with Crippen molar-refractivity contribution in [2.45, 2.75) is 25.9 Å². The van der Waals surface area contributed by atoms with Gasteiger partial charge in [-0.3, -0.25) is 0 Å². The molecule has 0 aromatic heterocycles. The van der Waals surface area contributed by atoms with Gasteiger partial charge in [-0.05, 0) is 31.5 Å². The molecule has 0 aliphatic carbocycles. The van der Waals surface area contributed by atoms with Crippen LogP contribution >= 0.6 is 12.4 Å². The van der Waals surface area contributed by atoms with Crippen molar-refractivity contribution in [3.05, 3.63) is 42.5 Å². The van der Waals surface area contributed by atoms with Crippen LogP contribution in [0.4, 0.5) is 0 Å². The van der Waals surface area contributed by atoms with E-state index >= 15 is 0 Å². The van der Waals surface area contributed by atoms with Crippen LogP contribution in [0.2, 0.25) is 0 Å². The Hall–Kier alpha value is -1.03. The van der Waals surface area contributed by atoms with Crippen LogP contribution < -0.4 is 10.1 Å². The van der Waals surface area contributed by atoms with Crippen molar-refractivity contribution in [2.75, 3.05) is 13.2 Å².